The van der Waals surface area contributed by atoms with Crippen molar-refractivity contribution >= 4 is 5.91 Å². The van der Waals surface area contributed by atoms with E-state index in [1.807, 2.05) is 37.3 Å². The maximum atomic E-state index is 12.9. The van der Waals surface area contributed by atoms with Crippen molar-refractivity contribution in [3.63, 3.8) is 0 Å². The molecule has 3 aromatic rings. The van der Waals surface area contributed by atoms with Crippen LogP contribution in [0.5, 0.6) is 5.75 Å². The van der Waals surface area contributed by atoms with Gasteiger partial charge in [-0.05, 0) is 62.1 Å². The molecule has 1 aliphatic rings. The minimum Gasteiger partial charge on any atom is -0.490 e. The van der Waals surface area contributed by atoms with E-state index in [0.29, 0.717) is 5.56 Å². The van der Waals surface area contributed by atoms with Crippen LogP contribution in [0.1, 0.15) is 47.4 Å². The molecule has 0 radical (unpaired) electrons. The largest absolute Gasteiger partial charge is 0.490 e. The number of aromatic nitrogens is 2. The van der Waals surface area contributed by atoms with Crippen molar-refractivity contribution in [2.75, 3.05) is 26.7 Å². The molecular formula is C27H32N4O2. The number of rotatable bonds is 8. The summed E-state index contributed by atoms with van der Waals surface area (Å²) in [5, 5.41) is 0. The van der Waals surface area contributed by atoms with Crippen molar-refractivity contribution in [1.29, 1.82) is 0 Å². The third-order valence-electron chi connectivity index (χ3n) is 6.43. The molecule has 0 N–H and O–H groups in total. The van der Waals surface area contributed by atoms with Crippen LogP contribution in [0.25, 0.3) is 0 Å². The fourth-order valence-electron chi connectivity index (χ4n) is 4.18. The molecule has 0 saturated carbocycles. The lowest BCUT2D eigenvalue weighted by atomic mass is 10.1. The summed E-state index contributed by atoms with van der Waals surface area (Å²) in [6.07, 6.45) is 6.55. The summed E-state index contributed by atoms with van der Waals surface area (Å²) >= 11 is 0. The summed E-state index contributed by atoms with van der Waals surface area (Å²) in [7, 11) is 1.80. The van der Waals surface area contributed by atoms with Crippen LogP contribution in [-0.4, -0.2) is 58.5 Å². The highest BCUT2D eigenvalue weighted by atomic mass is 16.5. The Hall–Kier alpha value is -3.25. The second-order valence-corrected chi connectivity index (χ2v) is 8.65. The van der Waals surface area contributed by atoms with Gasteiger partial charge in [0.2, 0.25) is 0 Å². The molecule has 1 atom stereocenters. The molecule has 2 aromatic carbocycles. The SMILES string of the molecule is C[C@H](c1ccncn1)N(C)C(=O)c1ccc(OC2CCN(CCc3ccccc3)CC2)cc1. The lowest BCUT2D eigenvalue weighted by Crippen LogP contribution is -2.39. The number of carbonyl (C=O) groups excluding carboxylic acids is 1. The van der Waals surface area contributed by atoms with E-state index >= 15 is 0 Å². The zero-order valence-electron chi connectivity index (χ0n) is 19.4. The predicted molar refractivity (Wildman–Crippen MR) is 129 cm³/mol. The van der Waals surface area contributed by atoms with Crippen molar-refractivity contribution in [2.24, 2.45) is 0 Å². The van der Waals surface area contributed by atoms with Gasteiger partial charge < -0.3 is 14.5 Å². The van der Waals surface area contributed by atoms with Gasteiger partial charge in [0, 0.05) is 38.4 Å². The van der Waals surface area contributed by atoms with Crippen molar-refractivity contribution in [2.45, 2.75) is 38.3 Å². The quantitative estimate of drug-likeness (QED) is 0.516. The summed E-state index contributed by atoms with van der Waals surface area (Å²) in [6.45, 7) is 5.16. The Morgan fingerprint density at radius 3 is 2.48 bits per heavy atom. The number of amides is 1. The van der Waals surface area contributed by atoms with E-state index in [-0.39, 0.29) is 18.1 Å². The van der Waals surface area contributed by atoms with Gasteiger partial charge in [0.15, 0.2) is 0 Å². The van der Waals surface area contributed by atoms with Crippen LogP contribution in [-0.2, 0) is 6.42 Å². The number of ether oxygens (including phenoxy) is 1. The zero-order valence-corrected chi connectivity index (χ0v) is 19.4. The Balaban J connectivity index is 1.24. The van der Waals surface area contributed by atoms with E-state index in [9.17, 15) is 4.79 Å². The lowest BCUT2D eigenvalue weighted by Gasteiger charge is -2.32. The number of piperidine rings is 1. The normalized spacial score (nSPS) is 15.7. The Morgan fingerprint density at radius 1 is 1.09 bits per heavy atom. The van der Waals surface area contributed by atoms with Gasteiger partial charge in [-0.2, -0.15) is 0 Å². The Labute approximate surface area is 196 Å². The minimum absolute atomic E-state index is 0.0422. The number of hydrogen-bond donors (Lipinski definition) is 0. The highest BCUT2D eigenvalue weighted by molar-refractivity contribution is 5.94. The third-order valence-corrected chi connectivity index (χ3v) is 6.43. The van der Waals surface area contributed by atoms with Gasteiger partial charge in [-0.25, -0.2) is 9.97 Å². The molecule has 1 saturated heterocycles. The maximum Gasteiger partial charge on any atom is 0.254 e. The van der Waals surface area contributed by atoms with Crippen molar-refractivity contribution in [1.82, 2.24) is 19.8 Å². The molecule has 1 aliphatic heterocycles. The average molecular weight is 445 g/mol. The molecule has 0 bridgehead atoms. The second-order valence-electron chi connectivity index (χ2n) is 8.65. The molecular weight excluding hydrogens is 412 g/mol. The number of likely N-dealkylation sites (tertiary alicyclic amines) is 1. The fourth-order valence-corrected chi connectivity index (χ4v) is 4.18. The maximum absolute atomic E-state index is 12.9. The molecule has 1 aromatic heterocycles. The van der Waals surface area contributed by atoms with Crippen LogP contribution in [0, 0.1) is 0 Å². The van der Waals surface area contributed by atoms with Crippen molar-refractivity contribution < 1.29 is 9.53 Å². The van der Waals surface area contributed by atoms with E-state index in [1.54, 1.807) is 18.1 Å². The summed E-state index contributed by atoms with van der Waals surface area (Å²) in [5.41, 5.74) is 2.85. The first-order chi connectivity index (χ1) is 16.1. The first-order valence-electron chi connectivity index (χ1n) is 11.7. The standard InChI is InChI=1S/C27H32N4O2/c1-21(26-12-16-28-20-29-26)30(2)27(32)23-8-10-24(11-9-23)33-25-14-18-31(19-15-25)17-13-22-6-4-3-5-7-22/h3-12,16,20-21,25H,13-15,17-19H2,1-2H3/t21-/m1/s1. The topological polar surface area (TPSA) is 58.6 Å². The molecule has 4 rings (SSSR count). The second kappa shape index (κ2) is 11.1. The summed E-state index contributed by atoms with van der Waals surface area (Å²) in [6, 6.07) is 19.8. The highest BCUT2D eigenvalue weighted by Gasteiger charge is 2.22. The lowest BCUT2D eigenvalue weighted by molar-refractivity contribution is 0.0739. The van der Waals surface area contributed by atoms with Gasteiger partial charge >= 0.3 is 0 Å². The third kappa shape index (κ3) is 6.17. The summed E-state index contributed by atoms with van der Waals surface area (Å²) in [4.78, 5) is 25.3. The van der Waals surface area contributed by atoms with Crippen LogP contribution in [0.3, 0.4) is 0 Å². The smallest absolute Gasteiger partial charge is 0.254 e. The molecule has 33 heavy (non-hydrogen) atoms. The summed E-state index contributed by atoms with van der Waals surface area (Å²) in [5.74, 6) is 0.778. The number of hydrogen-bond acceptors (Lipinski definition) is 5. The van der Waals surface area contributed by atoms with Crippen molar-refractivity contribution in [3.05, 3.63) is 90.0 Å². The Bertz CT molecular complexity index is 1000. The van der Waals surface area contributed by atoms with Gasteiger partial charge in [0.25, 0.3) is 5.91 Å². The number of benzene rings is 2. The van der Waals surface area contributed by atoms with Gasteiger partial charge in [0.1, 0.15) is 18.2 Å². The van der Waals surface area contributed by atoms with Crippen LogP contribution < -0.4 is 4.74 Å². The van der Waals surface area contributed by atoms with E-state index in [4.69, 9.17) is 4.74 Å². The number of carbonyl (C=O) groups is 1. The molecule has 2 heterocycles. The van der Waals surface area contributed by atoms with Crippen LogP contribution in [0.15, 0.2) is 73.2 Å². The monoisotopic (exact) mass is 444 g/mol. The molecule has 6 nitrogen and oxygen atoms in total. The van der Waals surface area contributed by atoms with E-state index in [0.717, 1.165) is 50.3 Å². The highest BCUT2D eigenvalue weighted by Crippen LogP contribution is 2.22. The molecule has 1 fully saturated rings. The van der Waals surface area contributed by atoms with Gasteiger partial charge in [-0.1, -0.05) is 30.3 Å². The van der Waals surface area contributed by atoms with Crippen LogP contribution in [0.4, 0.5) is 0 Å². The predicted octanol–water partition coefficient (Wildman–Crippen LogP) is 4.40. The van der Waals surface area contributed by atoms with Crippen molar-refractivity contribution in [3.8, 4) is 5.75 Å². The molecule has 1 amide bonds. The molecule has 172 valence electrons. The first-order valence-corrected chi connectivity index (χ1v) is 11.7. The van der Waals surface area contributed by atoms with Crippen LogP contribution >= 0.6 is 0 Å². The Kier molecular flexibility index (Phi) is 7.68. The molecule has 0 aliphatic carbocycles. The fraction of sp³-hybridized carbons (Fsp3) is 0.370. The molecule has 0 spiro atoms. The zero-order chi connectivity index (χ0) is 23.0. The number of nitrogens with zero attached hydrogens (tertiary/aromatic N) is 4. The molecule has 0 unspecified atom stereocenters. The van der Waals surface area contributed by atoms with Gasteiger partial charge in [0.05, 0.1) is 11.7 Å². The average Bonchev–Trinajstić information content (AvgIpc) is 2.88. The van der Waals surface area contributed by atoms with E-state index < -0.39 is 0 Å². The molecule has 6 heteroatoms. The van der Waals surface area contributed by atoms with Gasteiger partial charge in [-0.15, -0.1) is 0 Å². The first kappa shape index (κ1) is 22.9. The van der Waals surface area contributed by atoms with Gasteiger partial charge in [-0.3, -0.25) is 4.79 Å². The Morgan fingerprint density at radius 2 is 1.82 bits per heavy atom. The minimum atomic E-state index is -0.136. The van der Waals surface area contributed by atoms with E-state index in [2.05, 4.69) is 45.2 Å². The van der Waals surface area contributed by atoms with Crippen LogP contribution in [0.2, 0.25) is 0 Å². The summed E-state index contributed by atoms with van der Waals surface area (Å²) < 4.78 is 6.21. The van der Waals surface area contributed by atoms with E-state index in [1.165, 1.54) is 11.9 Å².